The van der Waals surface area contributed by atoms with Gasteiger partial charge in [-0.2, -0.15) is 9.97 Å². The van der Waals surface area contributed by atoms with Crippen molar-refractivity contribution in [3.05, 3.63) is 39.8 Å². The molecule has 0 spiro atoms. The van der Waals surface area contributed by atoms with E-state index in [1.165, 1.54) is 16.9 Å². The van der Waals surface area contributed by atoms with Crippen LogP contribution in [0.5, 0.6) is 0 Å². The van der Waals surface area contributed by atoms with Crippen molar-refractivity contribution in [1.29, 1.82) is 0 Å². The zero-order valence-electron chi connectivity index (χ0n) is 8.38. The first-order valence-electron chi connectivity index (χ1n) is 4.66. The van der Waals surface area contributed by atoms with E-state index in [1.54, 1.807) is 0 Å². The second-order valence-corrected chi connectivity index (χ2v) is 4.72. The minimum Gasteiger partial charge on any atom is -0.368 e. The second kappa shape index (κ2) is 5.00. The molecule has 82 valence electrons. The van der Waals surface area contributed by atoms with Gasteiger partial charge >= 0.3 is 0 Å². The first kappa shape index (κ1) is 11.0. The summed E-state index contributed by atoms with van der Waals surface area (Å²) in [6.45, 7) is 0.697. The van der Waals surface area contributed by atoms with E-state index in [0.717, 1.165) is 0 Å². The Morgan fingerprint density at radius 2 is 2.00 bits per heavy atom. The van der Waals surface area contributed by atoms with Gasteiger partial charge in [-0.05, 0) is 17.8 Å². The highest BCUT2D eigenvalue weighted by atomic mass is 32.1. The summed E-state index contributed by atoms with van der Waals surface area (Å²) in [7, 11) is 0. The third-order valence-corrected chi connectivity index (χ3v) is 2.93. The standard InChI is InChI=1S/C10H10N4S2/c11-8-13-9(16-10(15)14-8)12-6-7-4-2-1-3-5-7/h1-5H,6H2,(H3,11,12,13,14,15). The van der Waals surface area contributed by atoms with Gasteiger partial charge in [0.25, 0.3) is 0 Å². The fourth-order valence-corrected chi connectivity index (χ4v) is 2.12. The van der Waals surface area contributed by atoms with Gasteiger partial charge in [0.05, 0.1) is 0 Å². The molecular formula is C10H10N4S2. The van der Waals surface area contributed by atoms with Crippen LogP contribution in [0.2, 0.25) is 0 Å². The fourth-order valence-electron chi connectivity index (χ4n) is 1.20. The summed E-state index contributed by atoms with van der Waals surface area (Å²) < 4.78 is 0.489. The van der Waals surface area contributed by atoms with Crippen LogP contribution in [0.15, 0.2) is 30.3 Å². The zero-order chi connectivity index (χ0) is 11.4. The lowest BCUT2D eigenvalue weighted by atomic mass is 10.2. The monoisotopic (exact) mass is 250 g/mol. The third-order valence-electron chi connectivity index (χ3n) is 1.89. The van der Waals surface area contributed by atoms with Crippen LogP contribution in [0, 0.1) is 3.95 Å². The Morgan fingerprint density at radius 1 is 1.25 bits per heavy atom. The molecule has 1 aromatic carbocycles. The lowest BCUT2D eigenvalue weighted by Crippen LogP contribution is -2.02. The molecule has 0 aliphatic heterocycles. The molecule has 16 heavy (non-hydrogen) atoms. The first-order chi connectivity index (χ1) is 7.74. The number of aromatic nitrogens is 2. The molecule has 0 amide bonds. The summed E-state index contributed by atoms with van der Waals surface area (Å²) in [5, 5.41) is 3.86. The number of nitrogens with one attached hydrogen (secondary N) is 1. The Kier molecular flexibility index (Phi) is 3.43. The molecule has 0 fully saturated rings. The summed E-state index contributed by atoms with van der Waals surface area (Å²) in [6.07, 6.45) is 0. The highest BCUT2D eigenvalue weighted by Crippen LogP contribution is 2.14. The largest absolute Gasteiger partial charge is 0.368 e. The maximum Gasteiger partial charge on any atom is 0.224 e. The summed E-state index contributed by atoms with van der Waals surface area (Å²) >= 11 is 6.28. The average Bonchev–Trinajstić information content (AvgIpc) is 2.27. The van der Waals surface area contributed by atoms with Crippen molar-refractivity contribution >= 4 is 34.6 Å². The van der Waals surface area contributed by atoms with Crippen LogP contribution >= 0.6 is 23.6 Å². The molecule has 0 bridgehead atoms. The Labute approximate surface area is 102 Å². The number of anilines is 2. The van der Waals surface area contributed by atoms with Crippen LogP contribution in [-0.2, 0) is 6.54 Å². The minimum absolute atomic E-state index is 0.208. The number of nitrogen functional groups attached to an aromatic ring is 1. The van der Waals surface area contributed by atoms with Gasteiger partial charge in [-0.15, -0.1) is 0 Å². The van der Waals surface area contributed by atoms with E-state index in [1.807, 2.05) is 30.3 Å². The highest BCUT2D eigenvalue weighted by Gasteiger charge is 1.98. The van der Waals surface area contributed by atoms with Gasteiger partial charge in [-0.25, -0.2) is 0 Å². The van der Waals surface area contributed by atoms with Gasteiger partial charge in [-0.3, -0.25) is 0 Å². The molecule has 0 unspecified atom stereocenters. The number of nitrogens with zero attached hydrogens (tertiary/aromatic N) is 2. The van der Waals surface area contributed by atoms with E-state index in [9.17, 15) is 0 Å². The van der Waals surface area contributed by atoms with Crippen LogP contribution in [0.4, 0.5) is 11.1 Å². The lowest BCUT2D eigenvalue weighted by molar-refractivity contribution is 1.12. The van der Waals surface area contributed by atoms with Gasteiger partial charge in [0.1, 0.15) is 0 Å². The van der Waals surface area contributed by atoms with E-state index in [-0.39, 0.29) is 5.95 Å². The molecule has 0 saturated heterocycles. The van der Waals surface area contributed by atoms with Crippen molar-refractivity contribution in [2.45, 2.75) is 6.54 Å². The molecule has 0 saturated carbocycles. The lowest BCUT2D eigenvalue weighted by Gasteiger charge is -2.04. The summed E-state index contributed by atoms with van der Waals surface area (Å²) in [6, 6.07) is 10.0. The van der Waals surface area contributed by atoms with Gasteiger partial charge in [0, 0.05) is 6.54 Å². The van der Waals surface area contributed by atoms with Crippen molar-refractivity contribution in [3.8, 4) is 0 Å². The van der Waals surface area contributed by atoms with Crippen LogP contribution in [-0.4, -0.2) is 9.97 Å². The molecule has 1 aromatic heterocycles. The van der Waals surface area contributed by atoms with E-state index in [2.05, 4.69) is 15.3 Å². The van der Waals surface area contributed by atoms with Crippen molar-refractivity contribution in [1.82, 2.24) is 9.97 Å². The Balaban J connectivity index is 2.08. The number of hydrogen-bond acceptors (Lipinski definition) is 6. The number of rotatable bonds is 3. The summed E-state index contributed by atoms with van der Waals surface area (Å²) in [5.74, 6) is 0.208. The first-order valence-corrected chi connectivity index (χ1v) is 5.89. The zero-order valence-corrected chi connectivity index (χ0v) is 10.0. The topological polar surface area (TPSA) is 63.8 Å². The Hall–Kier alpha value is -1.53. The molecule has 0 radical (unpaired) electrons. The van der Waals surface area contributed by atoms with Gasteiger partial charge < -0.3 is 11.1 Å². The molecule has 0 aliphatic rings. The molecule has 1 heterocycles. The van der Waals surface area contributed by atoms with Gasteiger partial charge in [-0.1, -0.05) is 41.7 Å². The molecule has 0 atom stereocenters. The SMILES string of the molecule is Nc1nc(NCc2ccccc2)sc(=S)n1. The maximum absolute atomic E-state index is 5.51. The molecule has 3 N–H and O–H groups in total. The predicted molar refractivity (Wildman–Crippen MR) is 68.9 cm³/mol. The van der Waals surface area contributed by atoms with Crippen molar-refractivity contribution in [2.24, 2.45) is 0 Å². The molecule has 2 aromatic rings. The quantitative estimate of drug-likeness (QED) is 0.819. The maximum atomic E-state index is 5.51. The summed E-state index contributed by atoms with van der Waals surface area (Å²) in [5.41, 5.74) is 6.68. The summed E-state index contributed by atoms with van der Waals surface area (Å²) in [4.78, 5) is 7.91. The normalized spacial score (nSPS) is 10.0. The predicted octanol–water partition coefficient (Wildman–Crippen LogP) is 2.46. The number of hydrogen-bond donors (Lipinski definition) is 2. The van der Waals surface area contributed by atoms with Crippen LogP contribution in [0.25, 0.3) is 0 Å². The third kappa shape index (κ3) is 2.98. The molecule has 4 nitrogen and oxygen atoms in total. The van der Waals surface area contributed by atoms with Gasteiger partial charge in [0.15, 0.2) is 9.09 Å². The highest BCUT2D eigenvalue weighted by molar-refractivity contribution is 7.73. The molecule has 2 rings (SSSR count). The van der Waals surface area contributed by atoms with Crippen LogP contribution in [0.1, 0.15) is 5.56 Å². The average molecular weight is 250 g/mol. The van der Waals surface area contributed by atoms with Crippen molar-refractivity contribution < 1.29 is 0 Å². The molecule has 0 aliphatic carbocycles. The second-order valence-electron chi connectivity index (χ2n) is 3.09. The molecule has 6 heteroatoms. The Bertz CT molecular complexity index is 524. The van der Waals surface area contributed by atoms with Gasteiger partial charge in [0.2, 0.25) is 5.95 Å². The fraction of sp³-hybridized carbons (Fsp3) is 0.100. The van der Waals surface area contributed by atoms with E-state index in [0.29, 0.717) is 15.6 Å². The van der Waals surface area contributed by atoms with E-state index in [4.69, 9.17) is 18.0 Å². The number of benzene rings is 1. The van der Waals surface area contributed by atoms with Crippen molar-refractivity contribution in [3.63, 3.8) is 0 Å². The van der Waals surface area contributed by atoms with Crippen LogP contribution < -0.4 is 11.1 Å². The van der Waals surface area contributed by atoms with E-state index < -0.39 is 0 Å². The Morgan fingerprint density at radius 3 is 2.69 bits per heavy atom. The molecular weight excluding hydrogens is 240 g/mol. The van der Waals surface area contributed by atoms with Crippen molar-refractivity contribution in [2.75, 3.05) is 11.1 Å². The minimum atomic E-state index is 0.208. The van der Waals surface area contributed by atoms with E-state index >= 15 is 0 Å². The van der Waals surface area contributed by atoms with Crippen LogP contribution in [0.3, 0.4) is 0 Å². The number of nitrogens with two attached hydrogens (primary N) is 1. The smallest absolute Gasteiger partial charge is 0.224 e.